The molecule has 0 amide bonds. The minimum absolute atomic E-state index is 0.0116. The van der Waals surface area contributed by atoms with E-state index < -0.39 is 16.0 Å². The van der Waals surface area contributed by atoms with E-state index >= 15 is 0 Å². The highest BCUT2D eigenvalue weighted by Crippen LogP contribution is 2.32. The van der Waals surface area contributed by atoms with Crippen molar-refractivity contribution in [2.75, 3.05) is 18.4 Å². The molecule has 2 N–H and O–H groups in total. The summed E-state index contributed by atoms with van der Waals surface area (Å²) in [6, 6.07) is 5.92. The normalized spacial score (nSPS) is 15.7. The second-order valence-electron chi connectivity index (χ2n) is 6.03. The Kier molecular flexibility index (Phi) is 5.55. The van der Waals surface area contributed by atoms with Crippen molar-refractivity contribution in [3.63, 3.8) is 0 Å². The van der Waals surface area contributed by atoms with E-state index in [0.29, 0.717) is 18.8 Å². The molecule has 26 heavy (non-hydrogen) atoms. The summed E-state index contributed by atoms with van der Waals surface area (Å²) in [5.41, 5.74) is 0.0769. The monoisotopic (exact) mass is 398 g/mol. The highest BCUT2D eigenvalue weighted by molar-refractivity contribution is 7.89. The van der Waals surface area contributed by atoms with E-state index in [1.54, 1.807) is 12.1 Å². The van der Waals surface area contributed by atoms with Gasteiger partial charge >= 0.3 is 5.97 Å². The first-order chi connectivity index (χ1) is 12.4. The molecule has 1 fully saturated rings. The number of halogens is 1. The third-order valence-electron chi connectivity index (χ3n) is 4.27. The Labute approximate surface area is 156 Å². The second-order valence-corrected chi connectivity index (χ2v) is 8.34. The van der Waals surface area contributed by atoms with E-state index in [-0.39, 0.29) is 27.7 Å². The maximum Gasteiger partial charge on any atom is 0.337 e. The lowest BCUT2D eigenvalue weighted by molar-refractivity contribution is 0.0697. The zero-order chi connectivity index (χ0) is 18.7. The van der Waals surface area contributed by atoms with Crippen LogP contribution in [0.25, 0.3) is 0 Å². The highest BCUT2D eigenvalue weighted by Gasteiger charge is 2.30. The number of anilines is 1. The predicted molar refractivity (Wildman–Crippen MR) is 97.1 cm³/mol. The van der Waals surface area contributed by atoms with Crippen molar-refractivity contribution in [1.29, 1.82) is 0 Å². The van der Waals surface area contributed by atoms with Gasteiger partial charge in [0.2, 0.25) is 10.0 Å². The molecule has 0 spiro atoms. The number of hydrogen-bond donors (Lipinski definition) is 2. The van der Waals surface area contributed by atoms with E-state index in [9.17, 15) is 18.3 Å². The van der Waals surface area contributed by atoms with Crippen LogP contribution in [-0.4, -0.2) is 36.9 Å². The van der Waals surface area contributed by atoms with Crippen molar-refractivity contribution < 1.29 is 22.7 Å². The summed E-state index contributed by atoms with van der Waals surface area (Å²) in [6.07, 6.45) is 4.06. The summed E-state index contributed by atoms with van der Waals surface area (Å²) in [5, 5.41) is 12.4. The molecule has 0 radical (unpaired) electrons. The second kappa shape index (κ2) is 7.69. The number of rotatable bonds is 6. The first kappa shape index (κ1) is 18.8. The number of carbonyl (C=O) groups is 1. The number of carboxylic acids is 1. The van der Waals surface area contributed by atoms with Crippen molar-refractivity contribution >= 4 is 33.3 Å². The van der Waals surface area contributed by atoms with Crippen molar-refractivity contribution in [3.8, 4) is 0 Å². The van der Waals surface area contributed by atoms with Gasteiger partial charge in [-0.15, -0.1) is 0 Å². The summed E-state index contributed by atoms with van der Waals surface area (Å²) in [7, 11) is -3.83. The van der Waals surface area contributed by atoms with Gasteiger partial charge < -0.3 is 14.8 Å². The number of benzene rings is 1. The van der Waals surface area contributed by atoms with Gasteiger partial charge in [0.1, 0.15) is 10.7 Å². The molecule has 3 rings (SSSR count). The van der Waals surface area contributed by atoms with Gasteiger partial charge in [-0.3, -0.25) is 0 Å². The number of furan rings is 1. The fourth-order valence-corrected chi connectivity index (χ4v) is 4.96. The molecular formula is C17H19ClN2O5S. The van der Waals surface area contributed by atoms with Crippen LogP contribution in [0.4, 0.5) is 5.69 Å². The summed E-state index contributed by atoms with van der Waals surface area (Å²) in [4.78, 5) is 11.5. The predicted octanol–water partition coefficient (Wildman–Crippen LogP) is 3.42. The van der Waals surface area contributed by atoms with E-state index in [1.807, 2.05) is 0 Å². The largest absolute Gasteiger partial charge is 0.478 e. The van der Waals surface area contributed by atoms with Crippen molar-refractivity contribution in [1.82, 2.24) is 4.31 Å². The molecule has 1 aliphatic heterocycles. The summed E-state index contributed by atoms with van der Waals surface area (Å²) in [5.74, 6) is -0.624. The molecule has 2 heterocycles. The van der Waals surface area contributed by atoms with Gasteiger partial charge in [0, 0.05) is 13.1 Å². The number of hydrogen-bond acceptors (Lipinski definition) is 5. The van der Waals surface area contributed by atoms with Crippen molar-refractivity contribution in [2.24, 2.45) is 0 Å². The lowest BCUT2D eigenvalue weighted by Gasteiger charge is -2.26. The summed E-state index contributed by atoms with van der Waals surface area (Å²) in [6.45, 7) is 1.08. The maximum absolute atomic E-state index is 12.9. The molecule has 0 unspecified atom stereocenters. The van der Waals surface area contributed by atoms with Crippen molar-refractivity contribution in [2.45, 2.75) is 30.7 Å². The molecule has 0 aliphatic carbocycles. The molecule has 9 heteroatoms. The third kappa shape index (κ3) is 3.87. The molecule has 0 bridgehead atoms. The number of carboxylic acid groups (broad SMARTS) is 1. The molecular weight excluding hydrogens is 380 g/mol. The standard InChI is InChI=1S/C17H19ClN2O5S/c18-14-10-15(19-11-12-5-4-8-25-12)13(17(21)22)9-16(14)26(23,24)20-6-2-1-3-7-20/h4-5,8-10,19H,1-3,6-7,11H2,(H,21,22). The molecule has 1 aliphatic rings. The highest BCUT2D eigenvalue weighted by atomic mass is 35.5. The van der Waals surface area contributed by atoms with Crippen LogP contribution in [-0.2, 0) is 16.6 Å². The molecule has 7 nitrogen and oxygen atoms in total. The molecule has 1 aromatic heterocycles. The van der Waals surface area contributed by atoms with E-state index in [2.05, 4.69) is 5.32 Å². The van der Waals surface area contributed by atoms with Crippen LogP contribution in [0, 0.1) is 0 Å². The average Bonchev–Trinajstić information content (AvgIpc) is 3.13. The molecule has 0 atom stereocenters. The first-order valence-corrected chi connectivity index (χ1v) is 10.0. The Bertz CT molecular complexity index is 890. The number of nitrogens with zero attached hydrogens (tertiary/aromatic N) is 1. The fraction of sp³-hybridized carbons (Fsp3) is 0.353. The topological polar surface area (TPSA) is 99.8 Å². The van der Waals surface area contributed by atoms with Crippen molar-refractivity contribution in [3.05, 3.63) is 46.9 Å². The van der Waals surface area contributed by atoms with Crippen LogP contribution in [0.1, 0.15) is 35.4 Å². The van der Waals surface area contributed by atoms with Gasteiger partial charge in [-0.05, 0) is 37.1 Å². The van der Waals surface area contributed by atoms with Crippen LogP contribution in [0.15, 0.2) is 39.8 Å². The minimum Gasteiger partial charge on any atom is -0.478 e. The maximum atomic E-state index is 12.9. The van der Waals surface area contributed by atoms with E-state index in [4.69, 9.17) is 16.0 Å². The zero-order valence-corrected chi connectivity index (χ0v) is 15.5. The van der Waals surface area contributed by atoms with Crippen LogP contribution in [0.3, 0.4) is 0 Å². The van der Waals surface area contributed by atoms with Gasteiger partial charge in [0.05, 0.1) is 29.1 Å². The first-order valence-electron chi connectivity index (χ1n) is 8.23. The Morgan fingerprint density at radius 3 is 2.62 bits per heavy atom. The van der Waals surface area contributed by atoms with Gasteiger partial charge in [-0.2, -0.15) is 4.31 Å². The number of sulfonamides is 1. The lowest BCUT2D eigenvalue weighted by atomic mass is 10.1. The summed E-state index contributed by atoms with van der Waals surface area (Å²) >= 11 is 6.21. The Hall–Kier alpha value is -2.03. The smallest absolute Gasteiger partial charge is 0.337 e. The van der Waals surface area contributed by atoms with Gasteiger partial charge in [-0.25, -0.2) is 13.2 Å². The van der Waals surface area contributed by atoms with Gasteiger partial charge in [-0.1, -0.05) is 18.0 Å². The number of piperidine rings is 1. The Morgan fingerprint density at radius 1 is 1.27 bits per heavy atom. The molecule has 1 saturated heterocycles. The number of aromatic carboxylic acids is 1. The molecule has 0 saturated carbocycles. The molecule has 1 aromatic carbocycles. The van der Waals surface area contributed by atoms with Gasteiger partial charge in [0.15, 0.2) is 0 Å². The fourth-order valence-electron chi connectivity index (χ4n) is 2.91. The van der Waals surface area contributed by atoms with Gasteiger partial charge in [0.25, 0.3) is 0 Å². The summed E-state index contributed by atoms with van der Waals surface area (Å²) < 4.78 is 32.3. The molecule has 2 aromatic rings. The zero-order valence-electron chi connectivity index (χ0n) is 13.9. The quantitative estimate of drug-likeness (QED) is 0.773. The Morgan fingerprint density at radius 2 is 2.00 bits per heavy atom. The average molecular weight is 399 g/mol. The lowest BCUT2D eigenvalue weighted by Crippen LogP contribution is -2.35. The minimum atomic E-state index is -3.83. The Balaban J connectivity index is 1.94. The van der Waals surface area contributed by atoms with E-state index in [1.165, 1.54) is 16.6 Å². The SMILES string of the molecule is O=C(O)c1cc(S(=O)(=O)N2CCCCC2)c(Cl)cc1NCc1ccco1. The van der Waals surface area contributed by atoms with E-state index in [0.717, 1.165) is 25.3 Å². The van der Waals surface area contributed by atoms with Crippen LogP contribution >= 0.6 is 11.6 Å². The third-order valence-corrected chi connectivity index (χ3v) is 6.63. The van der Waals surface area contributed by atoms with Crippen LogP contribution < -0.4 is 5.32 Å². The number of nitrogens with one attached hydrogen (secondary N) is 1. The molecule has 140 valence electrons. The van der Waals surface area contributed by atoms with Crippen LogP contribution in [0.5, 0.6) is 0 Å². The van der Waals surface area contributed by atoms with Crippen LogP contribution in [0.2, 0.25) is 5.02 Å².